The van der Waals surface area contributed by atoms with Crippen molar-refractivity contribution in [2.24, 2.45) is 5.41 Å². The molecule has 3 heteroatoms. The molecule has 214 valence electrons. The normalized spacial score (nSPS) is 12.2. The number of phenolic OH excluding ortho intramolecular Hbond substituents is 1. The van der Waals surface area contributed by atoms with Crippen LogP contribution in [0.4, 0.5) is 0 Å². The van der Waals surface area contributed by atoms with Gasteiger partial charge in [-0.15, -0.1) is 0 Å². The summed E-state index contributed by atoms with van der Waals surface area (Å²) in [4.78, 5) is 12.3. The van der Waals surface area contributed by atoms with Crippen LogP contribution in [0.25, 0.3) is 0 Å². The van der Waals surface area contributed by atoms with Gasteiger partial charge in [-0.05, 0) is 41.9 Å². The maximum atomic E-state index is 12.3. The number of unbranched alkanes of at least 4 members (excludes halogenated alkanes) is 14. The molecule has 1 aromatic carbocycles. The predicted molar refractivity (Wildman–Crippen MR) is 160 cm³/mol. The topological polar surface area (TPSA) is 46.5 Å². The highest BCUT2D eigenvalue weighted by molar-refractivity contribution is 5.69. The molecule has 0 unspecified atom stereocenters. The molecule has 0 aromatic heterocycles. The van der Waals surface area contributed by atoms with E-state index < -0.39 is 0 Å². The first-order valence-electron chi connectivity index (χ1n) is 15.4. The number of hydrogen-bond acceptors (Lipinski definition) is 3. The summed E-state index contributed by atoms with van der Waals surface area (Å²) in [5.41, 5.74) is 2.80. The maximum Gasteiger partial charge on any atom is 0.305 e. The van der Waals surface area contributed by atoms with Crippen LogP contribution in [0, 0.1) is 12.3 Å². The molecule has 0 fully saturated rings. The molecule has 0 aliphatic heterocycles. The highest BCUT2D eigenvalue weighted by atomic mass is 16.5. The average molecular weight is 517 g/mol. The second kappa shape index (κ2) is 17.9. The Balaban J connectivity index is 2.14. The van der Waals surface area contributed by atoms with Gasteiger partial charge in [0.25, 0.3) is 0 Å². The number of benzene rings is 1. The molecule has 1 aromatic rings. The SMILES string of the molecule is CCCCCCCCCCCCCCCCCC(=O)OCC(C)(C)Cc1cc(C)c(O)c(C(C)(C)C)c1. The van der Waals surface area contributed by atoms with Crippen LogP contribution >= 0.6 is 0 Å². The van der Waals surface area contributed by atoms with Crippen molar-refractivity contribution in [3.8, 4) is 5.75 Å². The van der Waals surface area contributed by atoms with Gasteiger partial charge in [0.05, 0.1) is 6.61 Å². The van der Waals surface area contributed by atoms with Crippen LogP contribution in [0.3, 0.4) is 0 Å². The molecule has 0 atom stereocenters. The van der Waals surface area contributed by atoms with Crippen molar-refractivity contribution >= 4 is 5.97 Å². The molecule has 0 aliphatic rings. The molecule has 0 amide bonds. The van der Waals surface area contributed by atoms with E-state index in [0.29, 0.717) is 18.8 Å². The summed E-state index contributed by atoms with van der Waals surface area (Å²) in [5.74, 6) is 0.323. The third-order valence-corrected chi connectivity index (χ3v) is 7.46. The lowest BCUT2D eigenvalue weighted by Gasteiger charge is -2.27. The highest BCUT2D eigenvalue weighted by Crippen LogP contribution is 2.35. The number of aryl methyl sites for hydroxylation is 1. The molecule has 0 heterocycles. The van der Waals surface area contributed by atoms with Crippen LogP contribution in [0.5, 0.6) is 5.75 Å². The maximum absolute atomic E-state index is 12.3. The molecule has 0 aliphatic carbocycles. The molecule has 0 bridgehead atoms. The van der Waals surface area contributed by atoms with Gasteiger partial charge in [-0.1, -0.05) is 144 Å². The van der Waals surface area contributed by atoms with Gasteiger partial charge >= 0.3 is 5.97 Å². The van der Waals surface area contributed by atoms with Gasteiger partial charge in [0.2, 0.25) is 0 Å². The third-order valence-electron chi connectivity index (χ3n) is 7.46. The Kier molecular flexibility index (Phi) is 16.2. The molecule has 3 nitrogen and oxygen atoms in total. The number of hydrogen-bond donors (Lipinski definition) is 1. The lowest BCUT2D eigenvalue weighted by Crippen LogP contribution is -2.25. The Hall–Kier alpha value is -1.51. The van der Waals surface area contributed by atoms with E-state index in [0.717, 1.165) is 30.4 Å². The number of aromatic hydroxyl groups is 1. The first-order valence-corrected chi connectivity index (χ1v) is 15.4. The van der Waals surface area contributed by atoms with Gasteiger partial charge in [-0.3, -0.25) is 4.79 Å². The second-order valence-electron chi connectivity index (χ2n) is 13.3. The fraction of sp³-hybridized carbons (Fsp3) is 0.794. The Morgan fingerprint density at radius 2 is 1.22 bits per heavy atom. The standard InChI is InChI=1S/C34H60O3/c1-8-9-10-11-12-13-14-15-16-17-18-19-20-21-22-23-31(35)37-27-34(6,7)26-29-24-28(2)32(36)30(25-29)33(3,4)5/h24-25,36H,8-23,26-27H2,1-7H3. The largest absolute Gasteiger partial charge is 0.507 e. The van der Waals surface area contributed by atoms with E-state index in [4.69, 9.17) is 4.74 Å². The molecule has 0 saturated heterocycles. The van der Waals surface area contributed by atoms with Crippen molar-refractivity contribution in [1.29, 1.82) is 0 Å². The van der Waals surface area contributed by atoms with Crippen molar-refractivity contribution in [2.45, 2.75) is 163 Å². The minimum Gasteiger partial charge on any atom is -0.507 e. The number of carbonyl (C=O) groups is 1. The lowest BCUT2D eigenvalue weighted by molar-refractivity contribution is -0.146. The van der Waals surface area contributed by atoms with E-state index in [1.165, 1.54) is 89.0 Å². The summed E-state index contributed by atoms with van der Waals surface area (Å²) in [6, 6.07) is 4.17. The summed E-state index contributed by atoms with van der Waals surface area (Å²) in [7, 11) is 0. The molecule has 37 heavy (non-hydrogen) atoms. The first kappa shape index (κ1) is 33.5. The van der Waals surface area contributed by atoms with E-state index in [9.17, 15) is 9.90 Å². The fourth-order valence-electron chi connectivity index (χ4n) is 5.12. The molecule has 0 radical (unpaired) electrons. The zero-order chi connectivity index (χ0) is 27.7. The van der Waals surface area contributed by atoms with E-state index in [1.54, 1.807) is 0 Å². The summed E-state index contributed by atoms with van der Waals surface area (Å²) >= 11 is 0. The summed E-state index contributed by atoms with van der Waals surface area (Å²) in [5, 5.41) is 10.5. The zero-order valence-corrected chi connectivity index (χ0v) is 25.6. The van der Waals surface area contributed by atoms with Crippen LogP contribution in [0.2, 0.25) is 0 Å². The highest BCUT2D eigenvalue weighted by Gasteiger charge is 2.25. The average Bonchev–Trinajstić information content (AvgIpc) is 2.81. The van der Waals surface area contributed by atoms with E-state index in [1.807, 2.05) is 6.92 Å². The fourth-order valence-corrected chi connectivity index (χ4v) is 5.12. The van der Waals surface area contributed by atoms with Gasteiger partial charge in [0.15, 0.2) is 0 Å². The Labute approximate surface area is 230 Å². The van der Waals surface area contributed by atoms with Gasteiger partial charge in [0, 0.05) is 11.8 Å². The van der Waals surface area contributed by atoms with Crippen molar-refractivity contribution < 1.29 is 14.6 Å². The lowest BCUT2D eigenvalue weighted by atomic mass is 9.80. The molecule has 1 rings (SSSR count). The van der Waals surface area contributed by atoms with Crippen molar-refractivity contribution in [3.05, 3.63) is 28.8 Å². The molecule has 1 N–H and O–H groups in total. The number of ether oxygens (including phenoxy) is 1. The third kappa shape index (κ3) is 15.5. The second-order valence-corrected chi connectivity index (χ2v) is 13.3. The van der Waals surface area contributed by atoms with Crippen LogP contribution in [0.1, 0.15) is 161 Å². The van der Waals surface area contributed by atoms with Gasteiger partial charge in [0.1, 0.15) is 5.75 Å². The molecule has 0 spiro atoms. The quantitative estimate of drug-likeness (QED) is 0.138. The summed E-state index contributed by atoms with van der Waals surface area (Å²) in [6.45, 7) is 15.3. The number of carbonyl (C=O) groups excluding carboxylic acids is 1. The van der Waals surface area contributed by atoms with E-state index >= 15 is 0 Å². The summed E-state index contributed by atoms with van der Waals surface area (Å²) in [6.07, 6.45) is 21.3. The van der Waals surface area contributed by atoms with Crippen LogP contribution < -0.4 is 0 Å². The van der Waals surface area contributed by atoms with Crippen molar-refractivity contribution in [1.82, 2.24) is 0 Å². The Bertz CT molecular complexity index is 757. The van der Waals surface area contributed by atoms with Crippen LogP contribution in [0.15, 0.2) is 12.1 Å². The van der Waals surface area contributed by atoms with E-state index in [2.05, 4.69) is 53.7 Å². The molecule has 0 saturated carbocycles. The minimum absolute atomic E-state index is 0.0694. The van der Waals surface area contributed by atoms with Gasteiger partial charge in [-0.2, -0.15) is 0 Å². The van der Waals surface area contributed by atoms with Gasteiger partial charge < -0.3 is 9.84 Å². The Morgan fingerprint density at radius 3 is 1.68 bits per heavy atom. The first-order chi connectivity index (χ1) is 17.5. The predicted octanol–water partition coefficient (Wildman–Crippen LogP) is 10.4. The van der Waals surface area contributed by atoms with Crippen LogP contribution in [-0.4, -0.2) is 17.7 Å². The van der Waals surface area contributed by atoms with Crippen LogP contribution in [-0.2, 0) is 21.4 Å². The van der Waals surface area contributed by atoms with E-state index in [-0.39, 0.29) is 16.8 Å². The number of phenols is 1. The Morgan fingerprint density at radius 1 is 0.757 bits per heavy atom. The number of esters is 1. The zero-order valence-electron chi connectivity index (χ0n) is 25.6. The van der Waals surface area contributed by atoms with Gasteiger partial charge in [-0.25, -0.2) is 0 Å². The molecular formula is C34H60O3. The monoisotopic (exact) mass is 516 g/mol. The minimum atomic E-state index is -0.150. The summed E-state index contributed by atoms with van der Waals surface area (Å²) < 4.78 is 5.66. The molecular weight excluding hydrogens is 456 g/mol. The smallest absolute Gasteiger partial charge is 0.305 e. The number of rotatable bonds is 20. The van der Waals surface area contributed by atoms with Crippen molar-refractivity contribution in [2.75, 3.05) is 6.61 Å². The van der Waals surface area contributed by atoms with Crippen molar-refractivity contribution in [3.63, 3.8) is 0 Å².